The molecule has 0 aliphatic rings. The molecule has 0 heterocycles. The number of hydrogen-bond acceptors (Lipinski definition) is 2. The SMILES string of the molecule is C=CCC(C)CN(C)c1ccc(SF)c(CC)c1. The Morgan fingerprint density at radius 2 is 2.22 bits per heavy atom. The van der Waals surface area contributed by atoms with Gasteiger partial charge in [0.15, 0.2) is 0 Å². The van der Waals surface area contributed by atoms with Crippen molar-refractivity contribution in [1.82, 2.24) is 0 Å². The van der Waals surface area contributed by atoms with Crippen LogP contribution >= 0.6 is 12.1 Å². The van der Waals surface area contributed by atoms with Gasteiger partial charge in [-0.3, -0.25) is 0 Å². The normalized spacial score (nSPS) is 12.2. The summed E-state index contributed by atoms with van der Waals surface area (Å²) in [5, 5.41) is 0. The lowest BCUT2D eigenvalue weighted by atomic mass is 10.1. The second-order valence-corrected chi connectivity index (χ2v) is 5.33. The molecule has 1 aromatic carbocycles. The van der Waals surface area contributed by atoms with E-state index in [-0.39, 0.29) is 0 Å². The van der Waals surface area contributed by atoms with Crippen molar-refractivity contribution in [3.63, 3.8) is 0 Å². The van der Waals surface area contributed by atoms with Crippen molar-refractivity contribution in [1.29, 1.82) is 0 Å². The molecular weight excluding hydrogens is 245 g/mol. The molecule has 100 valence electrons. The molecule has 1 aromatic rings. The van der Waals surface area contributed by atoms with E-state index in [0.717, 1.165) is 35.5 Å². The number of allylic oxidation sites excluding steroid dienone is 1. The molecular formula is C15H22FNS. The predicted molar refractivity (Wildman–Crippen MR) is 80.0 cm³/mol. The first-order valence-electron chi connectivity index (χ1n) is 6.35. The van der Waals surface area contributed by atoms with Crippen LogP contribution in [0.5, 0.6) is 0 Å². The Morgan fingerprint density at radius 3 is 2.78 bits per heavy atom. The van der Waals surface area contributed by atoms with Crippen molar-refractivity contribution < 1.29 is 3.89 Å². The standard InChI is InChI=1S/C15H22FNS/c1-5-7-12(3)11-17(4)14-8-9-15(18-16)13(6-2)10-14/h5,8-10,12H,1,6-7,11H2,2-4H3. The van der Waals surface area contributed by atoms with E-state index in [0.29, 0.717) is 18.1 Å². The monoisotopic (exact) mass is 267 g/mol. The zero-order chi connectivity index (χ0) is 13.5. The van der Waals surface area contributed by atoms with Crippen molar-refractivity contribution in [3.05, 3.63) is 36.4 Å². The topological polar surface area (TPSA) is 3.24 Å². The summed E-state index contributed by atoms with van der Waals surface area (Å²) in [5.74, 6) is 0.577. The summed E-state index contributed by atoms with van der Waals surface area (Å²) in [5.41, 5.74) is 2.23. The van der Waals surface area contributed by atoms with E-state index in [9.17, 15) is 3.89 Å². The van der Waals surface area contributed by atoms with Crippen molar-refractivity contribution in [3.8, 4) is 0 Å². The minimum absolute atomic E-state index is 0.331. The Balaban J connectivity index is 2.79. The van der Waals surface area contributed by atoms with Crippen LogP contribution in [-0.2, 0) is 6.42 Å². The van der Waals surface area contributed by atoms with Crippen LogP contribution in [0.25, 0.3) is 0 Å². The molecule has 0 radical (unpaired) electrons. The van der Waals surface area contributed by atoms with Crippen LogP contribution in [0.2, 0.25) is 0 Å². The average molecular weight is 267 g/mol. The fraction of sp³-hybridized carbons (Fsp3) is 0.467. The van der Waals surface area contributed by atoms with E-state index < -0.39 is 0 Å². The van der Waals surface area contributed by atoms with Gasteiger partial charge in [0.25, 0.3) is 0 Å². The molecule has 0 N–H and O–H groups in total. The van der Waals surface area contributed by atoms with Crippen LogP contribution in [0.3, 0.4) is 0 Å². The fourth-order valence-electron chi connectivity index (χ4n) is 2.09. The van der Waals surface area contributed by atoms with Gasteiger partial charge >= 0.3 is 0 Å². The van der Waals surface area contributed by atoms with E-state index in [4.69, 9.17) is 0 Å². The molecule has 3 heteroatoms. The van der Waals surface area contributed by atoms with Gasteiger partial charge in [-0.25, -0.2) is 0 Å². The third-order valence-corrected chi connectivity index (χ3v) is 3.67. The van der Waals surface area contributed by atoms with Gasteiger partial charge in [0, 0.05) is 24.2 Å². The summed E-state index contributed by atoms with van der Waals surface area (Å²) in [7, 11) is 2.08. The Kier molecular flexibility index (Phi) is 6.27. The van der Waals surface area contributed by atoms with Crippen LogP contribution in [0.4, 0.5) is 9.57 Å². The first kappa shape index (κ1) is 15.1. The van der Waals surface area contributed by atoms with E-state index in [1.54, 1.807) is 0 Å². The summed E-state index contributed by atoms with van der Waals surface area (Å²) >= 11 is 0.331. The molecule has 18 heavy (non-hydrogen) atoms. The highest BCUT2D eigenvalue weighted by Gasteiger charge is 2.09. The molecule has 0 aliphatic heterocycles. The van der Waals surface area contributed by atoms with Crippen molar-refractivity contribution in [2.24, 2.45) is 5.92 Å². The van der Waals surface area contributed by atoms with Crippen LogP contribution in [0.1, 0.15) is 25.8 Å². The third-order valence-electron chi connectivity index (χ3n) is 3.10. The Labute approximate surface area is 114 Å². The van der Waals surface area contributed by atoms with Crippen LogP contribution in [-0.4, -0.2) is 13.6 Å². The molecule has 1 rings (SSSR count). The van der Waals surface area contributed by atoms with E-state index in [1.807, 2.05) is 18.2 Å². The second kappa shape index (κ2) is 7.47. The summed E-state index contributed by atoms with van der Waals surface area (Å²) < 4.78 is 12.7. The summed E-state index contributed by atoms with van der Waals surface area (Å²) in [6.45, 7) is 9.02. The van der Waals surface area contributed by atoms with Gasteiger partial charge in [-0.1, -0.05) is 19.9 Å². The average Bonchev–Trinajstić information content (AvgIpc) is 2.38. The third kappa shape index (κ3) is 4.05. The van der Waals surface area contributed by atoms with E-state index in [1.165, 1.54) is 0 Å². The van der Waals surface area contributed by atoms with Crippen molar-refractivity contribution in [2.45, 2.75) is 31.6 Å². The molecule has 1 nitrogen and oxygen atoms in total. The number of rotatable bonds is 7. The summed E-state index contributed by atoms with van der Waals surface area (Å²) in [4.78, 5) is 2.95. The number of anilines is 1. The van der Waals surface area contributed by atoms with Crippen molar-refractivity contribution in [2.75, 3.05) is 18.5 Å². The number of aryl methyl sites for hydroxylation is 1. The quantitative estimate of drug-likeness (QED) is 0.648. The molecule has 0 fully saturated rings. The van der Waals surface area contributed by atoms with Gasteiger partial charge in [-0.15, -0.1) is 6.58 Å². The molecule has 0 bridgehead atoms. The van der Waals surface area contributed by atoms with Crippen LogP contribution < -0.4 is 4.90 Å². The maximum absolute atomic E-state index is 12.7. The molecule has 0 aliphatic carbocycles. The molecule has 0 spiro atoms. The first-order valence-corrected chi connectivity index (χ1v) is 7.07. The lowest BCUT2D eigenvalue weighted by molar-refractivity contribution is 0.587. The van der Waals surface area contributed by atoms with Gasteiger partial charge in [-0.05, 0) is 42.5 Å². The molecule has 0 saturated carbocycles. The van der Waals surface area contributed by atoms with Gasteiger partial charge in [0.1, 0.15) is 0 Å². The van der Waals surface area contributed by atoms with Crippen LogP contribution in [0.15, 0.2) is 35.7 Å². The Hall–Kier alpha value is -0.960. The highest BCUT2D eigenvalue weighted by Crippen LogP contribution is 2.28. The molecule has 0 amide bonds. The fourth-order valence-corrected chi connectivity index (χ4v) is 2.51. The van der Waals surface area contributed by atoms with Crippen molar-refractivity contribution >= 4 is 17.8 Å². The Morgan fingerprint density at radius 1 is 1.50 bits per heavy atom. The van der Waals surface area contributed by atoms with Crippen LogP contribution in [0, 0.1) is 5.92 Å². The number of nitrogens with zero attached hydrogens (tertiary/aromatic N) is 1. The first-order chi connectivity index (χ1) is 8.62. The van der Waals surface area contributed by atoms with Gasteiger partial charge in [0.05, 0.1) is 12.1 Å². The smallest absolute Gasteiger partial charge is 0.0815 e. The minimum atomic E-state index is 0.331. The lowest BCUT2D eigenvalue weighted by Gasteiger charge is -2.23. The molecule has 1 unspecified atom stereocenters. The number of benzene rings is 1. The predicted octanol–water partition coefficient (Wildman–Crippen LogP) is 4.87. The van der Waals surface area contributed by atoms with E-state index >= 15 is 0 Å². The van der Waals surface area contributed by atoms with Gasteiger partial charge in [-0.2, -0.15) is 3.89 Å². The molecule has 1 atom stereocenters. The summed E-state index contributed by atoms with van der Waals surface area (Å²) in [6, 6.07) is 5.94. The summed E-state index contributed by atoms with van der Waals surface area (Å²) in [6.07, 6.45) is 3.83. The Bertz CT molecular complexity index is 392. The maximum Gasteiger partial charge on any atom is 0.0815 e. The number of hydrogen-bond donors (Lipinski definition) is 0. The lowest BCUT2D eigenvalue weighted by Crippen LogP contribution is -2.23. The molecule has 0 saturated heterocycles. The largest absolute Gasteiger partial charge is 0.374 e. The highest BCUT2D eigenvalue weighted by molar-refractivity contribution is 7.94. The zero-order valence-corrected chi connectivity index (χ0v) is 12.3. The minimum Gasteiger partial charge on any atom is -0.374 e. The maximum atomic E-state index is 12.7. The van der Waals surface area contributed by atoms with Gasteiger partial charge < -0.3 is 4.90 Å². The second-order valence-electron chi connectivity index (χ2n) is 4.73. The zero-order valence-electron chi connectivity index (χ0n) is 11.4. The molecule has 0 aromatic heterocycles. The van der Waals surface area contributed by atoms with E-state index in [2.05, 4.69) is 38.4 Å². The number of halogens is 1. The highest BCUT2D eigenvalue weighted by atomic mass is 32.2. The van der Waals surface area contributed by atoms with Gasteiger partial charge in [0.2, 0.25) is 0 Å².